The zero-order valence-corrected chi connectivity index (χ0v) is 13.1. The normalized spacial score (nSPS) is 13.9. The number of nitrogens with zero attached hydrogens (tertiary/aromatic N) is 2. The first kappa shape index (κ1) is 13.9. The Kier molecular flexibility index (Phi) is 3.34. The highest BCUT2D eigenvalue weighted by atomic mass is 16.2. The second-order valence-electron chi connectivity index (χ2n) is 6.08. The molecule has 23 heavy (non-hydrogen) atoms. The fourth-order valence-corrected chi connectivity index (χ4v) is 3.31. The minimum Gasteiger partial charge on any atom is -0.333 e. The van der Waals surface area contributed by atoms with Gasteiger partial charge in [-0.25, -0.2) is 4.98 Å². The summed E-state index contributed by atoms with van der Waals surface area (Å²) in [6.45, 7) is 3.35. The van der Waals surface area contributed by atoms with Gasteiger partial charge in [-0.05, 0) is 35.9 Å². The lowest BCUT2D eigenvalue weighted by Crippen LogP contribution is -2.36. The molecule has 0 bridgehead atoms. The van der Waals surface area contributed by atoms with Gasteiger partial charge in [0.15, 0.2) is 0 Å². The maximum absolute atomic E-state index is 13.0. The van der Waals surface area contributed by atoms with Crippen LogP contribution < -0.4 is 0 Å². The van der Waals surface area contributed by atoms with Gasteiger partial charge >= 0.3 is 0 Å². The number of fused-ring (bicyclic) bond motifs is 2. The van der Waals surface area contributed by atoms with E-state index in [4.69, 9.17) is 0 Å². The molecule has 3 heteroatoms. The smallest absolute Gasteiger partial charge is 0.273 e. The van der Waals surface area contributed by atoms with E-state index in [1.807, 2.05) is 48.2 Å². The fourth-order valence-electron chi connectivity index (χ4n) is 3.31. The van der Waals surface area contributed by atoms with Crippen LogP contribution in [0.5, 0.6) is 0 Å². The van der Waals surface area contributed by atoms with Crippen LogP contribution in [0.4, 0.5) is 0 Å². The predicted molar refractivity (Wildman–Crippen MR) is 91.4 cm³/mol. The lowest BCUT2D eigenvalue weighted by molar-refractivity contribution is 0.0731. The summed E-state index contributed by atoms with van der Waals surface area (Å²) in [5.41, 5.74) is 4.03. The van der Waals surface area contributed by atoms with Gasteiger partial charge in [-0.1, -0.05) is 48.5 Å². The van der Waals surface area contributed by atoms with Crippen LogP contribution in [0.25, 0.3) is 10.8 Å². The van der Waals surface area contributed by atoms with Crippen molar-refractivity contribution in [3.05, 3.63) is 77.1 Å². The molecule has 2 aromatic carbocycles. The molecule has 4 rings (SSSR count). The van der Waals surface area contributed by atoms with Crippen molar-refractivity contribution in [1.29, 1.82) is 0 Å². The highest BCUT2D eigenvalue weighted by Crippen LogP contribution is 2.23. The summed E-state index contributed by atoms with van der Waals surface area (Å²) in [7, 11) is 0. The molecule has 0 aliphatic carbocycles. The van der Waals surface area contributed by atoms with Crippen molar-refractivity contribution in [1.82, 2.24) is 9.88 Å². The van der Waals surface area contributed by atoms with Crippen molar-refractivity contribution in [2.75, 3.05) is 6.54 Å². The second-order valence-corrected chi connectivity index (χ2v) is 6.08. The number of aryl methyl sites for hydroxylation is 1. The standard InChI is InChI=1S/C20H18N2O/c1-14-12-16-7-4-5-9-18(16)19(21-14)20(23)22-11-10-15-6-2-3-8-17(15)13-22/h2-9,12H,10-11,13H2,1H3. The Morgan fingerprint density at radius 3 is 2.65 bits per heavy atom. The fraction of sp³-hybridized carbons (Fsp3) is 0.200. The Morgan fingerprint density at radius 2 is 1.78 bits per heavy atom. The summed E-state index contributed by atoms with van der Waals surface area (Å²) in [5.74, 6) is 0.0272. The summed E-state index contributed by atoms with van der Waals surface area (Å²) in [6, 6.07) is 18.3. The van der Waals surface area contributed by atoms with E-state index in [0.717, 1.165) is 29.4 Å². The van der Waals surface area contributed by atoms with E-state index >= 15 is 0 Å². The summed E-state index contributed by atoms with van der Waals surface area (Å²) in [5, 5.41) is 2.00. The molecule has 2 heterocycles. The minimum atomic E-state index is 0.0272. The molecule has 1 amide bonds. The topological polar surface area (TPSA) is 33.2 Å². The first-order valence-corrected chi connectivity index (χ1v) is 7.95. The van der Waals surface area contributed by atoms with Crippen LogP contribution >= 0.6 is 0 Å². The van der Waals surface area contributed by atoms with Gasteiger partial charge in [0.05, 0.1) is 0 Å². The van der Waals surface area contributed by atoms with E-state index in [0.29, 0.717) is 12.2 Å². The zero-order chi connectivity index (χ0) is 15.8. The van der Waals surface area contributed by atoms with Crippen molar-refractivity contribution in [2.24, 2.45) is 0 Å². The third-order valence-corrected chi connectivity index (χ3v) is 4.49. The van der Waals surface area contributed by atoms with Gasteiger partial charge in [-0.3, -0.25) is 4.79 Å². The molecular formula is C20H18N2O. The lowest BCUT2D eigenvalue weighted by atomic mass is 9.99. The quantitative estimate of drug-likeness (QED) is 0.686. The number of carbonyl (C=O) groups is 1. The monoisotopic (exact) mass is 302 g/mol. The predicted octanol–water partition coefficient (Wildman–Crippen LogP) is 3.74. The first-order chi connectivity index (χ1) is 11.2. The highest BCUT2D eigenvalue weighted by Gasteiger charge is 2.24. The van der Waals surface area contributed by atoms with Crippen LogP contribution in [-0.4, -0.2) is 22.3 Å². The maximum Gasteiger partial charge on any atom is 0.273 e. The zero-order valence-electron chi connectivity index (χ0n) is 13.1. The Morgan fingerprint density at radius 1 is 1.04 bits per heavy atom. The number of amides is 1. The average molecular weight is 302 g/mol. The number of carbonyl (C=O) groups excluding carboxylic acids is 1. The molecule has 0 spiro atoms. The van der Waals surface area contributed by atoms with Crippen molar-refractivity contribution in [3.8, 4) is 0 Å². The lowest BCUT2D eigenvalue weighted by Gasteiger charge is -2.29. The van der Waals surface area contributed by atoms with Gasteiger partial charge in [-0.2, -0.15) is 0 Å². The number of pyridine rings is 1. The van der Waals surface area contributed by atoms with Gasteiger partial charge in [0.1, 0.15) is 5.69 Å². The number of rotatable bonds is 1. The minimum absolute atomic E-state index is 0.0272. The van der Waals surface area contributed by atoms with Crippen LogP contribution in [0.2, 0.25) is 0 Å². The molecule has 3 aromatic rings. The third-order valence-electron chi connectivity index (χ3n) is 4.49. The summed E-state index contributed by atoms with van der Waals surface area (Å²) in [6.07, 6.45) is 0.908. The molecule has 0 saturated carbocycles. The van der Waals surface area contributed by atoms with Crippen molar-refractivity contribution in [3.63, 3.8) is 0 Å². The Balaban J connectivity index is 1.73. The Labute approximate surface area is 135 Å². The average Bonchev–Trinajstić information content (AvgIpc) is 2.60. The molecule has 0 unspecified atom stereocenters. The second kappa shape index (κ2) is 5.51. The van der Waals surface area contributed by atoms with Gasteiger partial charge in [0.25, 0.3) is 5.91 Å². The van der Waals surface area contributed by atoms with E-state index in [2.05, 4.69) is 23.2 Å². The summed E-state index contributed by atoms with van der Waals surface area (Å²) < 4.78 is 0. The van der Waals surface area contributed by atoms with E-state index in [1.54, 1.807) is 0 Å². The van der Waals surface area contributed by atoms with Gasteiger partial charge in [-0.15, -0.1) is 0 Å². The summed E-state index contributed by atoms with van der Waals surface area (Å²) >= 11 is 0. The molecule has 1 aromatic heterocycles. The molecule has 0 N–H and O–H groups in total. The molecule has 1 aliphatic heterocycles. The molecule has 0 atom stereocenters. The molecule has 3 nitrogen and oxygen atoms in total. The van der Waals surface area contributed by atoms with Crippen LogP contribution in [-0.2, 0) is 13.0 Å². The molecule has 1 aliphatic rings. The summed E-state index contributed by atoms with van der Waals surface area (Å²) in [4.78, 5) is 19.5. The third kappa shape index (κ3) is 2.48. The van der Waals surface area contributed by atoms with Gasteiger partial charge in [0, 0.05) is 24.2 Å². The SMILES string of the molecule is Cc1cc2ccccc2c(C(=O)N2CCc3ccccc3C2)n1. The number of benzene rings is 2. The number of aromatic nitrogens is 1. The van der Waals surface area contributed by atoms with Gasteiger partial charge < -0.3 is 4.90 Å². The van der Waals surface area contributed by atoms with Crippen LogP contribution in [0.1, 0.15) is 27.3 Å². The van der Waals surface area contributed by atoms with Crippen molar-refractivity contribution >= 4 is 16.7 Å². The molecule has 0 saturated heterocycles. The van der Waals surface area contributed by atoms with E-state index < -0.39 is 0 Å². The van der Waals surface area contributed by atoms with Crippen LogP contribution in [0, 0.1) is 6.92 Å². The van der Waals surface area contributed by atoms with E-state index in [9.17, 15) is 4.79 Å². The van der Waals surface area contributed by atoms with Gasteiger partial charge in [0.2, 0.25) is 0 Å². The Bertz CT molecular complexity index is 901. The largest absolute Gasteiger partial charge is 0.333 e. The molecule has 114 valence electrons. The Hall–Kier alpha value is -2.68. The molecular weight excluding hydrogens is 284 g/mol. The maximum atomic E-state index is 13.0. The van der Waals surface area contributed by atoms with Crippen LogP contribution in [0.15, 0.2) is 54.6 Å². The molecule has 0 radical (unpaired) electrons. The van der Waals surface area contributed by atoms with E-state index in [1.165, 1.54) is 11.1 Å². The van der Waals surface area contributed by atoms with Crippen molar-refractivity contribution in [2.45, 2.75) is 19.9 Å². The highest BCUT2D eigenvalue weighted by molar-refractivity contribution is 6.05. The van der Waals surface area contributed by atoms with E-state index in [-0.39, 0.29) is 5.91 Å². The van der Waals surface area contributed by atoms with Crippen molar-refractivity contribution < 1.29 is 4.79 Å². The first-order valence-electron chi connectivity index (χ1n) is 7.95. The number of hydrogen-bond donors (Lipinski definition) is 0. The molecule has 0 fully saturated rings. The number of hydrogen-bond acceptors (Lipinski definition) is 2. The van der Waals surface area contributed by atoms with Crippen LogP contribution in [0.3, 0.4) is 0 Å².